The summed E-state index contributed by atoms with van der Waals surface area (Å²) in [6, 6.07) is 17.1. The average molecular weight is 409 g/mol. The van der Waals surface area contributed by atoms with Crippen molar-refractivity contribution < 1.29 is 9.32 Å². The third-order valence-electron chi connectivity index (χ3n) is 5.06. The van der Waals surface area contributed by atoms with Crippen molar-refractivity contribution in [1.29, 1.82) is 0 Å². The van der Waals surface area contributed by atoms with E-state index in [0.717, 1.165) is 27.6 Å². The van der Waals surface area contributed by atoms with Crippen molar-refractivity contribution in [2.24, 2.45) is 7.05 Å². The van der Waals surface area contributed by atoms with Crippen LogP contribution in [0, 0.1) is 0 Å². The lowest BCUT2D eigenvalue weighted by Crippen LogP contribution is -2.22. The quantitative estimate of drug-likeness (QED) is 0.470. The van der Waals surface area contributed by atoms with Crippen LogP contribution in [-0.2, 0) is 13.6 Å². The molecule has 1 amide bonds. The lowest BCUT2D eigenvalue weighted by molar-refractivity contribution is 0.0951. The van der Waals surface area contributed by atoms with E-state index in [1.54, 1.807) is 35.4 Å². The fraction of sp³-hybridized carbons (Fsp3) is 0.0833. The molecule has 0 spiro atoms. The van der Waals surface area contributed by atoms with Crippen molar-refractivity contribution in [3.63, 3.8) is 0 Å². The highest BCUT2D eigenvalue weighted by Gasteiger charge is 2.14. The van der Waals surface area contributed by atoms with Crippen LogP contribution in [0.4, 0.5) is 0 Å². The van der Waals surface area contributed by atoms with Gasteiger partial charge in [-0.3, -0.25) is 14.5 Å². The van der Waals surface area contributed by atoms with Crippen molar-refractivity contribution in [3.8, 4) is 22.5 Å². The number of nitrogens with one attached hydrogen (secondary N) is 1. The van der Waals surface area contributed by atoms with E-state index in [1.165, 1.54) is 0 Å². The molecule has 0 aliphatic carbocycles. The zero-order valence-corrected chi connectivity index (χ0v) is 16.8. The van der Waals surface area contributed by atoms with E-state index in [1.807, 2.05) is 55.7 Å². The molecular formula is C24H19N5O2. The molecule has 152 valence electrons. The van der Waals surface area contributed by atoms with Gasteiger partial charge in [0.1, 0.15) is 5.52 Å². The first-order valence-electron chi connectivity index (χ1n) is 9.83. The van der Waals surface area contributed by atoms with Crippen LogP contribution in [0.3, 0.4) is 0 Å². The molecule has 1 N–H and O–H groups in total. The third-order valence-corrected chi connectivity index (χ3v) is 5.06. The predicted molar refractivity (Wildman–Crippen MR) is 117 cm³/mol. The van der Waals surface area contributed by atoms with Gasteiger partial charge in [0.15, 0.2) is 5.76 Å². The molecule has 0 saturated carbocycles. The first-order valence-corrected chi connectivity index (χ1v) is 9.83. The van der Waals surface area contributed by atoms with Gasteiger partial charge in [-0.15, -0.1) is 0 Å². The number of aryl methyl sites for hydroxylation is 1. The maximum atomic E-state index is 12.8. The first-order chi connectivity index (χ1) is 15.2. The number of benzene rings is 2. The number of carbonyl (C=O) groups is 1. The Labute approximate surface area is 178 Å². The van der Waals surface area contributed by atoms with Crippen molar-refractivity contribution in [1.82, 2.24) is 25.2 Å². The summed E-state index contributed by atoms with van der Waals surface area (Å²) in [7, 11) is 1.87. The van der Waals surface area contributed by atoms with E-state index in [2.05, 4.69) is 20.6 Å². The molecule has 0 fully saturated rings. The predicted octanol–water partition coefficient (Wildman–Crippen LogP) is 4.22. The lowest BCUT2D eigenvalue weighted by atomic mass is 10.1. The number of rotatable bonds is 5. The van der Waals surface area contributed by atoms with Gasteiger partial charge in [-0.2, -0.15) is 5.10 Å². The average Bonchev–Trinajstić information content (AvgIpc) is 3.44. The molecule has 0 saturated heterocycles. The van der Waals surface area contributed by atoms with Crippen LogP contribution in [0.5, 0.6) is 0 Å². The van der Waals surface area contributed by atoms with Gasteiger partial charge in [0.2, 0.25) is 0 Å². The largest absolute Gasteiger partial charge is 0.355 e. The summed E-state index contributed by atoms with van der Waals surface area (Å²) in [5.41, 5.74) is 5.02. The van der Waals surface area contributed by atoms with Gasteiger partial charge >= 0.3 is 0 Å². The zero-order chi connectivity index (χ0) is 21.2. The van der Waals surface area contributed by atoms with Gasteiger partial charge in [-0.1, -0.05) is 35.5 Å². The Morgan fingerprint density at radius 1 is 1.00 bits per heavy atom. The zero-order valence-electron chi connectivity index (χ0n) is 16.8. The van der Waals surface area contributed by atoms with E-state index >= 15 is 0 Å². The second kappa shape index (κ2) is 7.87. The van der Waals surface area contributed by atoms with Crippen LogP contribution in [0.15, 0.2) is 83.9 Å². The normalized spacial score (nSPS) is 11.0. The SMILES string of the molecule is Cn1cc(-c2cncc(CNC(=O)c3ccc4noc(-c5ccccc5)c4c3)c2)cn1. The molecule has 0 aliphatic heterocycles. The monoisotopic (exact) mass is 409 g/mol. The Kier molecular flexibility index (Phi) is 4.76. The van der Waals surface area contributed by atoms with Gasteiger partial charge in [0.05, 0.1) is 11.6 Å². The van der Waals surface area contributed by atoms with E-state index in [-0.39, 0.29) is 5.91 Å². The van der Waals surface area contributed by atoms with Crippen molar-refractivity contribution in [2.45, 2.75) is 6.54 Å². The molecule has 0 unspecified atom stereocenters. The summed E-state index contributed by atoms with van der Waals surface area (Å²) < 4.78 is 7.27. The van der Waals surface area contributed by atoms with E-state index in [4.69, 9.17) is 4.52 Å². The van der Waals surface area contributed by atoms with Gasteiger partial charge in [0, 0.05) is 54.4 Å². The van der Waals surface area contributed by atoms with E-state index < -0.39 is 0 Å². The van der Waals surface area contributed by atoms with Crippen molar-refractivity contribution in [2.75, 3.05) is 0 Å². The number of nitrogens with zero attached hydrogens (tertiary/aromatic N) is 4. The summed E-state index contributed by atoms with van der Waals surface area (Å²) in [5, 5.41) is 12.1. The lowest BCUT2D eigenvalue weighted by Gasteiger charge is -2.07. The number of pyridine rings is 1. The highest BCUT2D eigenvalue weighted by molar-refractivity contribution is 6.00. The van der Waals surface area contributed by atoms with Crippen molar-refractivity contribution >= 4 is 16.8 Å². The molecule has 0 radical (unpaired) electrons. The minimum absolute atomic E-state index is 0.172. The highest BCUT2D eigenvalue weighted by atomic mass is 16.5. The highest BCUT2D eigenvalue weighted by Crippen LogP contribution is 2.29. The van der Waals surface area contributed by atoms with E-state index in [0.29, 0.717) is 23.4 Å². The molecule has 2 aromatic carbocycles. The van der Waals surface area contributed by atoms with Crippen LogP contribution in [0.1, 0.15) is 15.9 Å². The molecule has 3 aromatic heterocycles. The Hall–Kier alpha value is -4.26. The Balaban J connectivity index is 1.35. The number of aromatic nitrogens is 4. The van der Waals surface area contributed by atoms with Crippen molar-refractivity contribution in [3.05, 3.63) is 90.5 Å². The molecule has 0 aliphatic rings. The number of carbonyl (C=O) groups excluding carboxylic acids is 1. The second-order valence-electron chi connectivity index (χ2n) is 7.28. The number of hydrogen-bond acceptors (Lipinski definition) is 5. The topological polar surface area (TPSA) is 85.8 Å². The summed E-state index contributed by atoms with van der Waals surface area (Å²) in [6.07, 6.45) is 7.25. The summed E-state index contributed by atoms with van der Waals surface area (Å²) in [5.74, 6) is 0.479. The van der Waals surface area contributed by atoms with E-state index in [9.17, 15) is 4.79 Å². The molecule has 0 bridgehead atoms. The van der Waals surface area contributed by atoms with Crippen LogP contribution in [0.2, 0.25) is 0 Å². The molecule has 3 heterocycles. The summed E-state index contributed by atoms with van der Waals surface area (Å²) in [4.78, 5) is 17.1. The molecule has 7 nitrogen and oxygen atoms in total. The molecule has 5 aromatic rings. The Bertz CT molecular complexity index is 1370. The Morgan fingerprint density at radius 3 is 2.68 bits per heavy atom. The molecule has 31 heavy (non-hydrogen) atoms. The Morgan fingerprint density at radius 2 is 1.87 bits per heavy atom. The first kappa shape index (κ1) is 18.7. The summed E-state index contributed by atoms with van der Waals surface area (Å²) in [6.45, 7) is 0.368. The van der Waals surface area contributed by atoms with Gasteiger partial charge in [-0.25, -0.2) is 0 Å². The maximum Gasteiger partial charge on any atom is 0.251 e. The minimum atomic E-state index is -0.172. The molecule has 5 rings (SSSR count). The van der Waals surface area contributed by atoms with Crippen LogP contribution in [0.25, 0.3) is 33.4 Å². The number of amides is 1. The fourth-order valence-electron chi connectivity index (χ4n) is 3.48. The maximum absolute atomic E-state index is 12.8. The minimum Gasteiger partial charge on any atom is -0.355 e. The standard InChI is InChI=1S/C24H19N5O2/c1-29-15-20(14-27-29)19-9-16(11-25-13-19)12-26-24(30)18-7-8-22-21(10-18)23(31-28-22)17-5-3-2-4-6-17/h2-11,13-15H,12H2,1H3,(H,26,30). The van der Waals surface area contributed by atoms with Crippen LogP contribution < -0.4 is 5.32 Å². The summed E-state index contributed by atoms with van der Waals surface area (Å²) >= 11 is 0. The smallest absolute Gasteiger partial charge is 0.251 e. The third kappa shape index (κ3) is 3.81. The van der Waals surface area contributed by atoms with Crippen LogP contribution in [-0.4, -0.2) is 25.8 Å². The molecular weight excluding hydrogens is 390 g/mol. The molecule has 7 heteroatoms. The van der Waals surface area contributed by atoms with Gasteiger partial charge < -0.3 is 9.84 Å². The second-order valence-corrected chi connectivity index (χ2v) is 7.28. The number of fused-ring (bicyclic) bond motifs is 1. The van der Waals surface area contributed by atoms with Crippen LogP contribution >= 0.6 is 0 Å². The van der Waals surface area contributed by atoms with Gasteiger partial charge in [0.25, 0.3) is 5.91 Å². The van der Waals surface area contributed by atoms with Gasteiger partial charge in [-0.05, 0) is 29.8 Å². The molecule has 0 atom stereocenters. The fourth-order valence-corrected chi connectivity index (χ4v) is 3.48. The number of hydrogen-bond donors (Lipinski definition) is 1.